The van der Waals surface area contributed by atoms with Crippen LogP contribution in [0, 0.1) is 18.6 Å². The van der Waals surface area contributed by atoms with Gasteiger partial charge in [-0.15, -0.1) is 11.3 Å². The van der Waals surface area contributed by atoms with Gasteiger partial charge in [0.05, 0.1) is 5.57 Å². The van der Waals surface area contributed by atoms with Gasteiger partial charge in [0, 0.05) is 34.6 Å². The molecule has 1 aliphatic rings. The lowest BCUT2D eigenvalue weighted by Gasteiger charge is -2.25. The van der Waals surface area contributed by atoms with Crippen LogP contribution in [-0.4, -0.2) is 21.8 Å². The van der Waals surface area contributed by atoms with Crippen LogP contribution in [0.2, 0.25) is 0 Å². The van der Waals surface area contributed by atoms with Crippen LogP contribution < -0.4 is 4.90 Å². The van der Waals surface area contributed by atoms with Gasteiger partial charge in [0.25, 0.3) is 11.7 Å². The summed E-state index contributed by atoms with van der Waals surface area (Å²) in [6.45, 7) is 1.81. The number of halogens is 2. The fourth-order valence-corrected chi connectivity index (χ4v) is 4.34. The number of carbonyl (C=O) groups excluding carboxylic acids is 2. The van der Waals surface area contributed by atoms with Crippen molar-refractivity contribution in [3.8, 4) is 0 Å². The van der Waals surface area contributed by atoms with Gasteiger partial charge < -0.3 is 5.11 Å². The highest BCUT2D eigenvalue weighted by molar-refractivity contribution is 7.10. The van der Waals surface area contributed by atoms with E-state index in [0.717, 1.165) is 22.6 Å². The Balaban J connectivity index is 1.96. The van der Waals surface area contributed by atoms with Crippen molar-refractivity contribution in [1.82, 2.24) is 4.98 Å². The van der Waals surface area contributed by atoms with E-state index in [9.17, 15) is 23.5 Å². The van der Waals surface area contributed by atoms with Crippen LogP contribution in [0.4, 0.5) is 14.5 Å². The highest BCUT2D eigenvalue weighted by Crippen LogP contribution is 2.44. The number of aromatic nitrogens is 1. The molecule has 1 atom stereocenters. The number of amides is 1. The molecule has 0 saturated carbocycles. The van der Waals surface area contributed by atoms with E-state index in [1.807, 2.05) is 13.0 Å². The first kappa shape index (κ1) is 18.9. The first-order valence-electron chi connectivity index (χ1n) is 8.60. The molecule has 1 fully saturated rings. The number of aliphatic hydroxyl groups excluding tert-OH is 1. The standard InChI is InChI=1S/C21H14F2N2O3S/c1-11-6-9-29-20(11)17-16(18(26)12-4-7-24-8-5-12)19(27)21(28)25(17)13-2-3-14(22)15(23)10-13/h2-10,17,26H,1H3/b18-16-. The number of aliphatic hydroxyl groups is 1. The highest BCUT2D eigenvalue weighted by Gasteiger charge is 2.48. The molecular weight excluding hydrogens is 398 g/mol. The van der Waals surface area contributed by atoms with Crippen LogP contribution in [0.5, 0.6) is 0 Å². The first-order chi connectivity index (χ1) is 13.9. The minimum absolute atomic E-state index is 0.0255. The highest BCUT2D eigenvalue weighted by atomic mass is 32.1. The van der Waals surface area contributed by atoms with Gasteiger partial charge in [-0.3, -0.25) is 19.5 Å². The Morgan fingerprint density at radius 1 is 1.10 bits per heavy atom. The third-order valence-corrected chi connectivity index (χ3v) is 5.80. The largest absolute Gasteiger partial charge is 0.507 e. The minimum atomic E-state index is -1.14. The summed E-state index contributed by atoms with van der Waals surface area (Å²) in [6.07, 6.45) is 2.90. The van der Waals surface area contributed by atoms with E-state index in [4.69, 9.17) is 0 Å². The zero-order chi connectivity index (χ0) is 20.7. The summed E-state index contributed by atoms with van der Waals surface area (Å²) in [5.74, 6) is -4.38. The van der Waals surface area contributed by atoms with E-state index in [1.54, 1.807) is 5.38 Å². The summed E-state index contributed by atoms with van der Waals surface area (Å²) >= 11 is 1.30. The Morgan fingerprint density at radius 3 is 2.45 bits per heavy atom. The Hall–Kier alpha value is -3.39. The maximum atomic E-state index is 13.9. The van der Waals surface area contributed by atoms with Gasteiger partial charge in [0.1, 0.15) is 11.8 Å². The van der Waals surface area contributed by atoms with Crippen molar-refractivity contribution in [3.05, 3.63) is 87.4 Å². The van der Waals surface area contributed by atoms with Crippen molar-refractivity contribution in [2.45, 2.75) is 13.0 Å². The number of nitrogens with zero attached hydrogens (tertiary/aromatic N) is 2. The number of hydrogen-bond acceptors (Lipinski definition) is 5. The summed E-state index contributed by atoms with van der Waals surface area (Å²) in [4.78, 5) is 31.4. The quantitative estimate of drug-likeness (QED) is 0.394. The molecule has 0 radical (unpaired) electrons. The van der Waals surface area contributed by atoms with Crippen LogP contribution in [0.25, 0.3) is 5.76 Å². The van der Waals surface area contributed by atoms with Gasteiger partial charge in [0.15, 0.2) is 11.6 Å². The molecule has 0 spiro atoms. The SMILES string of the molecule is Cc1ccsc1C1/C(=C(/O)c2ccncc2)C(=O)C(=O)N1c1ccc(F)c(F)c1. The van der Waals surface area contributed by atoms with E-state index < -0.39 is 29.4 Å². The van der Waals surface area contributed by atoms with E-state index in [1.165, 1.54) is 41.9 Å². The number of ketones is 1. The average molecular weight is 412 g/mol. The Labute approximate surface area is 168 Å². The number of pyridine rings is 1. The fourth-order valence-electron chi connectivity index (χ4n) is 3.31. The Bertz CT molecular complexity index is 1160. The van der Waals surface area contributed by atoms with Crippen LogP contribution in [0.15, 0.2) is 59.7 Å². The molecule has 1 aliphatic heterocycles. The second-order valence-electron chi connectivity index (χ2n) is 6.47. The second-order valence-corrected chi connectivity index (χ2v) is 7.42. The molecule has 3 heterocycles. The van der Waals surface area contributed by atoms with Crippen LogP contribution in [0.1, 0.15) is 22.0 Å². The number of anilines is 1. The third kappa shape index (κ3) is 3.11. The average Bonchev–Trinajstić information content (AvgIpc) is 3.25. The molecule has 1 unspecified atom stereocenters. The van der Waals surface area contributed by atoms with Crippen molar-refractivity contribution in [2.24, 2.45) is 0 Å². The third-order valence-electron chi connectivity index (χ3n) is 4.73. The molecule has 5 nitrogen and oxygen atoms in total. The lowest BCUT2D eigenvalue weighted by atomic mass is 9.98. The van der Waals surface area contributed by atoms with Crippen molar-refractivity contribution in [3.63, 3.8) is 0 Å². The number of Topliss-reactive ketones (excluding diaryl/α,β-unsaturated/α-hetero) is 1. The van der Waals surface area contributed by atoms with E-state index >= 15 is 0 Å². The molecule has 146 valence electrons. The number of benzene rings is 1. The number of aryl methyl sites for hydroxylation is 1. The predicted octanol–water partition coefficient (Wildman–Crippen LogP) is 4.36. The van der Waals surface area contributed by atoms with Crippen LogP contribution in [0.3, 0.4) is 0 Å². The number of rotatable bonds is 3. The van der Waals surface area contributed by atoms with E-state index in [-0.39, 0.29) is 17.0 Å². The maximum Gasteiger partial charge on any atom is 0.300 e. The molecule has 1 N–H and O–H groups in total. The van der Waals surface area contributed by atoms with Gasteiger partial charge >= 0.3 is 0 Å². The van der Waals surface area contributed by atoms with Gasteiger partial charge in [-0.25, -0.2) is 8.78 Å². The predicted molar refractivity (Wildman–Crippen MR) is 104 cm³/mol. The summed E-state index contributed by atoms with van der Waals surface area (Å²) in [5.41, 5.74) is 1.03. The van der Waals surface area contributed by atoms with E-state index in [0.29, 0.717) is 10.4 Å². The number of carbonyl (C=O) groups is 2. The maximum absolute atomic E-state index is 13.9. The summed E-state index contributed by atoms with van der Waals surface area (Å²) in [7, 11) is 0. The van der Waals surface area contributed by atoms with Crippen molar-refractivity contribution >= 4 is 34.5 Å². The molecular formula is C21H14F2N2O3S. The molecule has 1 aromatic carbocycles. The lowest BCUT2D eigenvalue weighted by molar-refractivity contribution is -0.132. The normalized spacial score (nSPS) is 18.4. The molecule has 29 heavy (non-hydrogen) atoms. The topological polar surface area (TPSA) is 70.5 Å². The summed E-state index contributed by atoms with van der Waals surface area (Å²) < 4.78 is 27.3. The first-order valence-corrected chi connectivity index (χ1v) is 9.48. The zero-order valence-corrected chi connectivity index (χ0v) is 15.9. The molecule has 0 bridgehead atoms. The smallest absolute Gasteiger partial charge is 0.300 e. The molecule has 2 aromatic heterocycles. The fraction of sp³-hybridized carbons (Fsp3) is 0.0952. The Kier molecular flexibility index (Phi) is 4.71. The van der Waals surface area contributed by atoms with E-state index in [2.05, 4.69) is 4.98 Å². The minimum Gasteiger partial charge on any atom is -0.507 e. The zero-order valence-electron chi connectivity index (χ0n) is 15.1. The van der Waals surface area contributed by atoms with Gasteiger partial charge in [-0.1, -0.05) is 0 Å². The van der Waals surface area contributed by atoms with Crippen molar-refractivity contribution in [2.75, 3.05) is 4.90 Å². The monoisotopic (exact) mass is 412 g/mol. The van der Waals surface area contributed by atoms with Gasteiger partial charge in [0.2, 0.25) is 0 Å². The van der Waals surface area contributed by atoms with Gasteiger partial charge in [-0.05, 0) is 48.2 Å². The molecule has 0 aliphatic carbocycles. The number of thiophene rings is 1. The van der Waals surface area contributed by atoms with Crippen molar-refractivity contribution < 1.29 is 23.5 Å². The molecule has 4 rings (SSSR count). The summed E-state index contributed by atoms with van der Waals surface area (Å²) in [6, 6.07) is 6.86. The van der Waals surface area contributed by atoms with Gasteiger partial charge in [-0.2, -0.15) is 0 Å². The van der Waals surface area contributed by atoms with Crippen LogP contribution in [-0.2, 0) is 9.59 Å². The van der Waals surface area contributed by atoms with Crippen molar-refractivity contribution in [1.29, 1.82) is 0 Å². The molecule has 1 amide bonds. The molecule has 1 saturated heterocycles. The Morgan fingerprint density at radius 2 is 1.83 bits per heavy atom. The molecule has 3 aromatic rings. The number of hydrogen-bond donors (Lipinski definition) is 1. The van der Waals surface area contributed by atoms with Crippen LogP contribution >= 0.6 is 11.3 Å². The molecule has 8 heteroatoms. The lowest BCUT2D eigenvalue weighted by Crippen LogP contribution is -2.29. The summed E-state index contributed by atoms with van der Waals surface area (Å²) in [5, 5.41) is 12.6. The second kappa shape index (κ2) is 7.21.